The first-order chi connectivity index (χ1) is 9.97. The predicted octanol–water partition coefficient (Wildman–Crippen LogP) is 2.75. The average molecular weight is 354 g/mol. The van der Waals surface area contributed by atoms with Gasteiger partial charge in [-0.15, -0.1) is 0 Å². The van der Waals surface area contributed by atoms with Crippen molar-refractivity contribution in [2.75, 3.05) is 14.2 Å². The lowest BCUT2D eigenvalue weighted by Crippen LogP contribution is -2.16. The zero-order valence-corrected chi connectivity index (χ0v) is 14.3. The number of hydrogen-bond acceptors (Lipinski definition) is 4. The number of ether oxygens (including phenoxy) is 2. The molecule has 1 atom stereocenters. The smallest absolute Gasteiger partial charge is 0.127 e. The molecule has 0 aliphatic heterocycles. The van der Waals surface area contributed by atoms with E-state index in [0.717, 1.165) is 32.9 Å². The number of aromatic nitrogens is 2. The molecule has 0 aliphatic carbocycles. The minimum Gasteiger partial charge on any atom is -0.497 e. The molecule has 0 saturated carbocycles. The summed E-state index contributed by atoms with van der Waals surface area (Å²) in [4.78, 5) is 0. The van der Waals surface area contributed by atoms with Crippen molar-refractivity contribution in [3.05, 3.63) is 39.6 Å². The number of nitrogens with two attached hydrogens (primary N) is 1. The van der Waals surface area contributed by atoms with Crippen molar-refractivity contribution < 1.29 is 9.47 Å². The molecule has 0 bridgehead atoms. The molecule has 0 fully saturated rings. The van der Waals surface area contributed by atoms with Crippen molar-refractivity contribution in [1.29, 1.82) is 0 Å². The summed E-state index contributed by atoms with van der Waals surface area (Å²) in [6.45, 7) is 1.97. The van der Waals surface area contributed by atoms with Crippen LogP contribution < -0.4 is 15.2 Å². The van der Waals surface area contributed by atoms with Crippen LogP contribution >= 0.6 is 15.9 Å². The molecule has 0 saturated heterocycles. The summed E-state index contributed by atoms with van der Waals surface area (Å²) in [5, 5.41) is 4.39. The zero-order valence-electron chi connectivity index (χ0n) is 12.7. The van der Waals surface area contributed by atoms with Gasteiger partial charge in [-0.1, -0.05) is 6.07 Å². The monoisotopic (exact) mass is 353 g/mol. The molecule has 0 radical (unpaired) electrons. The van der Waals surface area contributed by atoms with Crippen molar-refractivity contribution in [1.82, 2.24) is 9.78 Å². The van der Waals surface area contributed by atoms with E-state index in [0.29, 0.717) is 6.42 Å². The molecule has 5 nitrogen and oxygen atoms in total. The normalized spacial score (nSPS) is 12.3. The third kappa shape index (κ3) is 3.22. The van der Waals surface area contributed by atoms with Gasteiger partial charge < -0.3 is 15.2 Å². The third-order valence-corrected chi connectivity index (χ3v) is 4.55. The second-order valence-electron chi connectivity index (χ2n) is 4.89. The maximum Gasteiger partial charge on any atom is 0.127 e. The summed E-state index contributed by atoms with van der Waals surface area (Å²) in [6, 6.07) is 5.50. The quantitative estimate of drug-likeness (QED) is 0.897. The van der Waals surface area contributed by atoms with Gasteiger partial charge in [-0.2, -0.15) is 5.10 Å². The Labute approximate surface area is 133 Å². The molecule has 2 aromatic rings. The van der Waals surface area contributed by atoms with Crippen molar-refractivity contribution in [3.8, 4) is 11.5 Å². The number of methoxy groups -OCH3 is 2. The summed E-state index contributed by atoms with van der Waals surface area (Å²) in [7, 11) is 5.18. The number of benzene rings is 1. The van der Waals surface area contributed by atoms with Gasteiger partial charge in [0.25, 0.3) is 0 Å². The van der Waals surface area contributed by atoms with Gasteiger partial charge in [0.05, 0.1) is 30.1 Å². The maximum atomic E-state index is 6.36. The molecule has 1 aromatic heterocycles. The van der Waals surface area contributed by atoms with E-state index < -0.39 is 0 Å². The highest BCUT2D eigenvalue weighted by molar-refractivity contribution is 9.10. The number of rotatable bonds is 5. The molecule has 6 heteroatoms. The van der Waals surface area contributed by atoms with Gasteiger partial charge in [0.2, 0.25) is 0 Å². The van der Waals surface area contributed by atoms with E-state index in [-0.39, 0.29) is 6.04 Å². The first-order valence-corrected chi connectivity index (χ1v) is 7.42. The summed E-state index contributed by atoms with van der Waals surface area (Å²) in [6.07, 6.45) is 0.667. The van der Waals surface area contributed by atoms with Crippen molar-refractivity contribution >= 4 is 15.9 Å². The van der Waals surface area contributed by atoms with Crippen molar-refractivity contribution in [2.24, 2.45) is 12.8 Å². The molecule has 0 aliphatic rings. The van der Waals surface area contributed by atoms with Crippen LogP contribution in [0.2, 0.25) is 0 Å². The van der Waals surface area contributed by atoms with E-state index >= 15 is 0 Å². The lowest BCUT2D eigenvalue weighted by atomic mass is 10.0. The Kier molecular flexibility index (Phi) is 4.90. The fraction of sp³-hybridized carbons (Fsp3) is 0.400. The van der Waals surface area contributed by atoms with Gasteiger partial charge in [0.1, 0.15) is 11.5 Å². The molecular weight excluding hydrogens is 334 g/mol. The van der Waals surface area contributed by atoms with Crippen molar-refractivity contribution in [2.45, 2.75) is 19.4 Å². The van der Waals surface area contributed by atoms with Crippen LogP contribution in [-0.2, 0) is 13.5 Å². The zero-order chi connectivity index (χ0) is 15.6. The van der Waals surface area contributed by atoms with Gasteiger partial charge in [-0.05, 0) is 28.9 Å². The van der Waals surface area contributed by atoms with Gasteiger partial charge in [-0.25, -0.2) is 0 Å². The van der Waals surface area contributed by atoms with Crippen LogP contribution in [0.15, 0.2) is 22.7 Å². The van der Waals surface area contributed by atoms with E-state index in [2.05, 4.69) is 21.0 Å². The lowest BCUT2D eigenvalue weighted by Gasteiger charge is -2.17. The number of hydrogen-bond donors (Lipinski definition) is 1. The lowest BCUT2D eigenvalue weighted by molar-refractivity contribution is 0.388. The van der Waals surface area contributed by atoms with Gasteiger partial charge >= 0.3 is 0 Å². The highest BCUT2D eigenvalue weighted by Gasteiger charge is 2.18. The Balaban J connectivity index is 2.30. The number of aryl methyl sites for hydroxylation is 2. The first-order valence-electron chi connectivity index (χ1n) is 6.63. The average Bonchev–Trinajstić information content (AvgIpc) is 2.72. The highest BCUT2D eigenvalue weighted by atomic mass is 79.9. The molecular formula is C15H20BrN3O2. The molecule has 0 spiro atoms. The Morgan fingerprint density at radius 1 is 1.33 bits per heavy atom. The van der Waals surface area contributed by atoms with Gasteiger partial charge in [0, 0.05) is 31.1 Å². The molecule has 2 N–H and O–H groups in total. The van der Waals surface area contributed by atoms with Crippen molar-refractivity contribution in [3.63, 3.8) is 0 Å². The standard InChI is InChI=1S/C15H20BrN3O2/c1-9-15(16)13(19(2)18-9)8-12(17)11-6-5-10(20-3)7-14(11)21-4/h5-7,12H,8,17H2,1-4H3. The minimum absolute atomic E-state index is 0.183. The highest BCUT2D eigenvalue weighted by Crippen LogP contribution is 2.31. The fourth-order valence-electron chi connectivity index (χ4n) is 2.34. The number of halogens is 1. The van der Waals surface area contributed by atoms with Crippen LogP contribution in [0.1, 0.15) is 23.0 Å². The van der Waals surface area contributed by atoms with Crippen LogP contribution in [0.5, 0.6) is 11.5 Å². The predicted molar refractivity (Wildman–Crippen MR) is 85.8 cm³/mol. The fourth-order valence-corrected chi connectivity index (χ4v) is 2.84. The molecule has 1 unspecified atom stereocenters. The van der Waals surface area contributed by atoms with E-state index in [1.165, 1.54) is 0 Å². The second-order valence-corrected chi connectivity index (χ2v) is 5.68. The van der Waals surface area contributed by atoms with E-state index in [1.807, 2.05) is 36.9 Å². The van der Waals surface area contributed by atoms with Crippen LogP contribution in [0.3, 0.4) is 0 Å². The number of nitrogens with zero attached hydrogens (tertiary/aromatic N) is 2. The Morgan fingerprint density at radius 2 is 2.05 bits per heavy atom. The summed E-state index contributed by atoms with van der Waals surface area (Å²) in [5.41, 5.74) is 9.33. The van der Waals surface area contributed by atoms with Crippen LogP contribution in [0.25, 0.3) is 0 Å². The SMILES string of the molecule is COc1ccc(C(N)Cc2c(Br)c(C)nn2C)c(OC)c1. The van der Waals surface area contributed by atoms with Gasteiger partial charge in [0.15, 0.2) is 0 Å². The Bertz CT molecular complexity index is 640. The van der Waals surface area contributed by atoms with Crippen LogP contribution in [0.4, 0.5) is 0 Å². The molecule has 21 heavy (non-hydrogen) atoms. The topological polar surface area (TPSA) is 62.3 Å². The summed E-state index contributed by atoms with van der Waals surface area (Å²) in [5.74, 6) is 1.48. The van der Waals surface area contributed by atoms with Crippen LogP contribution in [-0.4, -0.2) is 24.0 Å². The van der Waals surface area contributed by atoms with Gasteiger partial charge in [-0.3, -0.25) is 4.68 Å². The largest absolute Gasteiger partial charge is 0.497 e. The maximum absolute atomic E-state index is 6.36. The summed E-state index contributed by atoms with van der Waals surface area (Å²) < 4.78 is 13.5. The van der Waals surface area contributed by atoms with E-state index in [4.69, 9.17) is 15.2 Å². The molecule has 114 valence electrons. The third-order valence-electron chi connectivity index (χ3n) is 3.52. The molecule has 2 rings (SSSR count). The molecule has 0 amide bonds. The summed E-state index contributed by atoms with van der Waals surface area (Å²) >= 11 is 3.57. The van der Waals surface area contributed by atoms with E-state index in [1.54, 1.807) is 14.2 Å². The second kappa shape index (κ2) is 6.49. The Hall–Kier alpha value is -1.53. The van der Waals surface area contributed by atoms with Crippen LogP contribution in [0, 0.1) is 6.92 Å². The minimum atomic E-state index is -0.183. The first kappa shape index (κ1) is 15.9. The molecule has 1 aromatic carbocycles. The van der Waals surface area contributed by atoms with E-state index in [9.17, 15) is 0 Å². The molecule has 1 heterocycles. The Morgan fingerprint density at radius 3 is 2.57 bits per heavy atom.